The average molecular weight is 1070 g/mol. The molecule has 0 aliphatic rings. The van der Waals surface area contributed by atoms with Crippen LogP contribution in [0.15, 0.2) is 200 Å². The van der Waals surface area contributed by atoms with Crippen LogP contribution in [0, 0.1) is 0 Å². The normalized spacial score (nSPS) is 13.5. The van der Waals surface area contributed by atoms with E-state index in [1.54, 1.807) is 72.8 Å². The summed E-state index contributed by atoms with van der Waals surface area (Å²) >= 11 is 7.09. The van der Waals surface area contributed by atoms with E-state index in [0.29, 0.717) is 67.5 Å². The van der Waals surface area contributed by atoms with Crippen LogP contribution in [0.2, 0.25) is 0 Å². The molecule has 7 rings (SSSR count). The fourth-order valence-corrected chi connectivity index (χ4v) is 18.2. The van der Waals surface area contributed by atoms with Gasteiger partial charge in [-0.15, -0.1) is 0 Å². The van der Waals surface area contributed by atoms with Crippen molar-refractivity contribution in [1.82, 2.24) is 0 Å². The summed E-state index contributed by atoms with van der Waals surface area (Å²) in [7, 11) is -12.4. The first-order valence-corrected chi connectivity index (χ1v) is 27.3. The molecule has 0 heterocycles. The predicted octanol–water partition coefficient (Wildman–Crippen LogP) is 12.4. The van der Waals surface area contributed by atoms with Gasteiger partial charge in [-0.05, 0) is 0 Å². The van der Waals surface area contributed by atoms with Gasteiger partial charge in [-0.25, -0.2) is 0 Å². The van der Waals surface area contributed by atoms with Gasteiger partial charge in [0.2, 0.25) is 0 Å². The zero-order chi connectivity index (χ0) is 46.8. The number of hydrogen-bond donors (Lipinski definition) is 0. The number of hydrogen-bond acceptors (Lipinski definition) is 5. The van der Waals surface area contributed by atoms with Crippen LogP contribution in [0.5, 0.6) is 5.75 Å². The van der Waals surface area contributed by atoms with Gasteiger partial charge in [-0.3, -0.25) is 0 Å². The third kappa shape index (κ3) is 9.67. The third-order valence-electron chi connectivity index (χ3n) is 11.0. The Bertz CT molecular complexity index is 2250. The molecule has 0 bridgehead atoms. The van der Waals surface area contributed by atoms with E-state index in [4.69, 9.17) is 22.6 Å². The zero-order valence-corrected chi connectivity index (χ0v) is 40.3. The van der Waals surface area contributed by atoms with Crippen LogP contribution in [0.3, 0.4) is 0 Å². The predicted molar refractivity (Wildman–Crippen MR) is 264 cm³/mol. The van der Waals surface area contributed by atoms with Gasteiger partial charge in [-0.1, -0.05) is 0 Å². The monoisotopic (exact) mass is 1070 g/mol. The first-order valence-electron chi connectivity index (χ1n) is 20.9. The van der Waals surface area contributed by atoms with Gasteiger partial charge >= 0.3 is 400 Å². The second-order valence-electron chi connectivity index (χ2n) is 15.0. The average Bonchev–Trinajstić information content (AvgIpc) is 3.34. The van der Waals surface area contributed by atoms with Crippen LogP contribution in [0.1, 0.15) is 24.0 Å². The Labute approximate surface area is 398 Å². The summed E-state index contributed by atoms with van der Waals surface area (Å²) in [6.45, 7) is 0.134. The van der Waals surface area contributed by atoms with Crippen molar-refractivity contribution in [3.05, 3.63) is 211 Å². The van der Waals surface area contributed by atoms with Crippen molar-refractivity contribution in [2.24, 2.45) is 0 Å². The molecule has 0 unspecified atom stereocenters. The fourth-order valence-electron chi connectivity index (χ4n) is 8.04. The summed E-state index contributed by atoms with van der Waals surface area (Å²) in [6.07, 6.45) is -9.47. The molecule has 0 spiro atoms. The van der Waals surface area contributed by atoms with Crippen LogP contribution in [0.4, 0.5) is 26.3 Å². The second-order valence-corrected chi connectivity index (χ2v) is 24.5. The molecule has 0 aliphatic heterocycles. The number of halogens is 8. The van der Waals surface area contributed by atoms with E-state index >= 15 is 0 Å². The molecule has 7 aromatic carbocycles. The molecule has 0 radical (unpaired) electrons. The molecule has 344 valence electrons. The number of rotatable bonds is 20. The Hall–Kier alpha value is -4.36. The van der Waals surface area contributed by atoms with E-state index in [1.165, 1.54) is 0 Å². The standard InChI is InChI=1S/C50H45BBr2F6O5P2/c52-33-19-35-60-65(43-21-7-1-8-22-43,44-23-9-2-10-24-44,45-25-11-3-12-26-45)63-51(62-42-38-40(49(54,55)56)37-41(39-42)50(57,58)59)64-66(61-36-20-34-53,46-27-13-4-14-28-46,47-29-15-5-16-30-47)48-31-17-6-18-32-48/h1-18,21-32,37-39H,19-20,33-36H2. The van der Waals surface area contributed by atoms with E-state index in [-0.39, 0.29) is 19.3 Å². The topological polar surface area (TPSA) is 46.2 Å². The Morgan fingerprint density at radius 3 is 0.879 bits per heavy atom. The van der Waals surface area contributed by atoms with Crippen molar-refractivity contribution in [3.8, 4) is 5.75 Å². The van der Waals surface area contributed by atoms with Gasteiger partial charge in [0.05, 0.1) is 0 Å². The van der Waals surface area contributed by atoms with E-state index in [0.717, 1.165) is 0 Å². The molecule has 16 heteroatoms. The fraction of sp³-hybridized carbons (Fsp3) is 0.160. The molecule has 0 fully saturated rings. The van der Waals surface area contributed by atoms with Gasteiger partial charge in [0.25, 0.3) is 0 Å². The van der Waals surface area contributed by atoms with Gasteiger partial charge in [0, 0.05) is 0 Å². The minimum atomic E-state index is -5.21. The first kappa shape index (κ1) is 49.5. The second kappa shape index (κ2) is 20.9. The van der Waals surface area contributed by atoms with E-state index in [1.807, 2.05) is 109 Å². The molecule has 0 saturated heterocycles. The van der Waals surface area contributed by atoms with Gasteiger partial charge in [0.15, 0.2) is 0 Å². The molecule has 0 N–H and O–H groups in total. The summed E-state index contributed by atoms with van der Waals surface area (Å²) in [5, 5.41) is 4.08. The van der Waals surface area contributed by atoms with Crippen LogP contribution >= 0.6 is 46.0 Å². The number of alkyl halides is 8. The SMILES string of the molecule is FC(F)(F)c1cc(OB(OP(OCCCBr)(c2ccccc2)(c2ccccc2)c2ccccc2)OP(OCCCBr)(c2ccccc2)(c2ccccc2)c2ccccc2)cc(C(F)(F)F)c1. The summed E-state index contributed by atoms with van der Waals surface area (Å²) in [5.74, 6) is -0.834. The van der Waals surface area contributed by atoms with E-state index in [9.17, 15) is 26.3 Å². The van der Waals surface area contributed by atoms with Crippen molar-refractivity contribution >= 4 is 85.1 Å². The van der Waals surface area contributed by atoms with Gasteiger partial charge in [-0.2, -0.15) is 0 Å². The third-order valence-corrected chi connectivity index (χ3v) is 22.0. The quantitative estimate of drug-likeness (QED) is 0.0250. The van der Waals surface area contributed by atoms with Crippen molar-refractivity contribution in [2.45, 2.75) is 25.2 Å². The van der Waals surface area contributed by atoms with Crippen molar-refractivity contribution < 1.29 is 48.9 Å². The van der Waals surface area contributed by atoms with E-state index in [2.05, 4.69) is 31.9 Å². The van der Waals surface area contributed by atoms with Crippen molar-refractivity contribution in [3.63, 3.8) is 0 Å². The maximum absolute atomic E-state index is 14.7. The molecule has 5 nitrogen and oxygen atoms in total. The van der Waals surface area contributed by atoms with Crippen molar-refractivity contribution in [2.75, 3.05) is 23.9 Å². The Kier molecular flexibility index (Phi) is 15.7. The molecule has 0 amide bonds. The van der Waals surface area contributed by atoms with Crippen LogP contribution in [-0.2, 0) is 30.3 Å². The summed E-state index contributed by atoms with van der Waals surface area (Å²) in [5.41, 5.74) is -3.18. The van der Waals surface area contributed by atoms with Crippen molar-refractivity contribution in [1.29, 1.82) is 0 Å². The Morgan fingerprint density at radius 2 is 0.652 bits per heavy atom. The molecular weight excluding hydrogens is 1030 g/mol. The van der Waals surface area contributed by atoms with Gasteiger partial charge in [0.1, 0.15) is 0 Å². The van der Waals surface area contributed by atoms with Crippen LogP contribution < -0.4 is 36.5 Å². The molecule has 7 aromatic rings. The molecule has 0 aromatic heterocycles. The van der Waals surface area contributed by atoms with Crippen LogP contribution in [0.25, 0.3) is 0 Å². The maximum atomic E-state index is 14.7. The number of benzene rings is 7. The Balaban J connectivity index is 1.67. The Morgan fingerprint density at radius 1 is 0.394 bits per heavy atom. The van der Waals surface area contributed by atoms with E-state index < -0.39 is 50.7 Å². The molecule has 66 heavy (non-hydrogen) atoms. The first-order chi connectivity index (χ1) is 31.8. The summed E-state index contributed by atoms with van der Waals surface area (Å²) in [4.78, 5) is 0. The van der Waals surface area contributed by atoms with Gasteiger partial charge < -0.3 is 0 Å². The molecular formula is C50H45BBr2F6O5P2. The minimum absolute atomic E-state index is 0.0478. The van der Waals surface area contributed by atoms with Crippen LogP contribution in [-0.4, -0.2) is 31.2 Å². The molecule has 0 aliphatic carbocycles. The summed E-state index contributed by atoms with van der Waals surface area (Å²) in [6, 6.07) is 55.6. The molecule has 0 atom stereocenters. The summed E-state index contributed by atoms with van der Waals surface area (Å²) < 4.78 is 125. The molecule has 0 saturated carbocycles. The zero-order valence-electron chi connectivity index (χ0n) is 35.3.